The first-order chi connectivity index (χ1) is 5.27. The fourth-order valence-corrected chi connectivity index (χ4v) is 0.953. The molecule has 0 aromatic carbocycles. The Balaban J connectivity index is 2.47. The Hall–Kier alpha value is -0.590. The number of nitroso groups, excluding NO2 is 1. The Morgan fingerprint density at radius 1 is 1.73 bits per heavy atom. The van der Waals surface area contributed by atoms with Gasteiger partial charge in [0.1, 0.15) is 6.04 Å². The van der Waals surface area contributed by atoms with Crippen LogP contribution in [0, 0.1) is 4.91 Å². The second-order valence-electron chi connectivity index (χ2n) is 2.35. The van der Waals surface area contributed by atoms with Crippen LogP contribution in [0.4, 0.5) is 4.53 Å². The molecule has 1 aliphatic heterocycles. The van der Waals surface area contributed by atoms with Crippen LogP contribution in [0.5, 0.6) is 0 Å². The number of hydrogen-bond donors (Lipinski definition) is 1. The van der Waals surface area contributed by atoms with E-state index in [1.165, 1.54) is 0 Å². The number of rotatable bonds is 2. The quantitative estimate of drug-likeness (QED) is 0.590. The van der Waals surface area contributed by atoms with Crippen molar-refractivity contribution < 1.29 is 19.3 Å². The summed E-state index contributed by atoms with van der Waals surface area (Å²) in [6, 6.07) is -0.955. The number of hydrogen-bond acceptors (Lipinski definition) is 5. The molecule has 5 nitrogen and oxygen atoms in total. The van der Waals surface area contributed by atoms with Crippen LogP contribution < -0.4 is 0 Å². The van der Waals surface area contributed by atoms with E-state index in [2.05, 4.69) is 14.9 Å². The topological polar surface area (TPSA) is 68.1 Å². The first-order valence-corrected chi connectivity index (χ1v) is 3.17. The molecule has 0 spiro atoms. The molecule has 1 aliphatic rings. The van der Waals surface area contributed by atoms with E-state index >= 15 is 0 Å². The van der Waals surface area contributed by atoms with Crippen LogP contribution in [0.1, 0.15) is 6.42 Å². The van der Waals surface area contributed by atoms with Crippen LogP contribution in [0.3, 0.4) is 0 Å². The Morgan fingerprint density at radius 3 is 3.00 bits per heavy atom. The van der Waals surface area contributed by atoms with Crippen LogP contribution >= 0.6 is 0 Å². The largest absolute Gasteiger partial charge is 0.391 e. The highest BCUT2D eigenvalue weighted by Crippen LogP contribution is 2.18. The standard InChI is InChI=1S/C5H8FNO4/c6-11-5-4(7-9)1-3(8)2-10-5/h3-5,8H,1-2H2. The summed E-state index contributed by atoms with van der Waals surface area (Å²) in [5, 5.41) is 11.5. The van der Waals surface area contributed by atoms with E-state index in [-0.39, 0.29) is 13.0 Å². The molecule has 11 heavy (non-hydrogen) atoms. The first kappa shape index (κ1) is 8.51. The van der Waals surface area contributed by atoms with E-state index in [1.54, 1.807) is 0 Å². The zero-order valence-electron chi connectivity index (χ0n) is 5.64. The highest BCUT2D eigenvalue weighted by atomic mass is 19.3. The number of halogens is 1. The smallest absolute Gasteiger partial charge is 0.222 e. The molecule has 0 aliphatic carbocycles. The fourth-order valence-electron chi connectivity index (χ4n) is 0.953. The van der Waals surface area contributed by atoms with Gasteiger partial charge in [-0.25, -0.2) is 0 Å². The van der Waals surface area contributed by atoms with Gasteiger partial charge in [0.25, 0.3) is 0 Å². The zero-order chi connectivity index (χ0) is 8.27. The monoisotopic (exact) mass is 165 g/mol. The van der Waals surface area contributed by atoms with Crippen LogP contribution in [-0.4, -0.2) is 30.1 Å². The van der Waals surface area contributed by atoms with Gasteiger partial charge in [0.05, 0.1) is 12.7 Å². The summed E-state index contributed by atoms with van der Waals surface area (Å²) in [7, 11) is 0. The molecule has 3 unspecified atom stereocenters. The molecule has 0 radical (unpaired) electrons. The molecule has 0 amide bonds. The van der Waals surface area contributed by atoms with Gasteiger partial charge in [0.2, 0.25) is 6.29 Å². The molecule has 1 N–H and O–H groups in total. The zero-order valence-corrected chi connectivity index (χ0v) is 5.64. The third kappa shape index (κ3) is 1.92. The van der Waals surface area contributed by atoms with Gasteiger partial charge in [0.15, 0.2) is 0 Å². The number of aliphatic hydroxyl groups excluding tert-OH is 1. The van der Waals surface area contributed by atoms with Crippen molar-refractivity contribution in [1.82, 2.24) is 0 Å². The van der Waals surface area contributed by atoms with Gasteiger partial charge in [-0.3, -0.25) is 0 Å². The summed E-state index contributed by atoms with van der Waals surface area (Å²) in [5.74, 6) is 0. The van der Waals surface area contributed by atoms with E-state index in [0.29, 0.717) is 0 Å². The van der Waals surface area contributed by atoms with Crippen molar-refractivity contribution in [1.29, 1.82) is 0 Å². The summed E-state index contributed by atoms with van der Waals surface area (Å²) >= 11 is 0. The molecule has 0 aromatic rings. The van der Waals surface area contributed by atoms with Crippen LogP contribution in [0.2, 0.25) is 0 Å². The lowest BCUT2D eigenvalue weighted by Gasteiger charge is -2.26. The molecule has 1 saturated heterocycles. The number of aliphatic hydroxyl groups is 1. The van der Waals surface area contributed by atoms with E-state index in [1.807, 2.05) is 0 Å². The summed E-state index contributed by atoms with van der Waals surface area (Å²) in [6.45, 7) is -0.0272. The van der Waals surface area contributed by atoms with Crippen molar-refractivity contribution in [2.45, 2.75) is 24.9 Å². The first-order valence-electron chi connectivity index (χ1n) is 3.17. The maximum Gasteiger partial charge on any atom is 0.222 e. The molecule has 3 atom stereocenters. The average Bonchev–Trinajstić information content (AvgIpc) is 2.04. The van der Waals surface area contributed by atoms with Gasteiger partial charge in [-0.2, -0.15) is 9.85 Å². The Kier molecular flexibility index (Phi) is 2.86. The van der Waals surface area contributed by atoms with Gasteiger partial charge >= 0.3 is 0 Å². The molecule has 0 aromatic heterocycles. The minimum absolute atomic E-state index is 0.0272. The number of nitrogens with zero attached hydrogens (tertiary/aromatic N) is 1. The van der Waals surface area contributed by atoms with Crippen molar-refractivity contribution >= 4 is 0 Å². The second-order valence-corrected chi connectivity index (χ2v) is 2.35. The summed E-state index contributed by atoms with van der Waals surface area (Å²) < 4.78 is 16.1. The minimum atomic E-state index is -1.25. The van der Waals surface area contributed by atoms with Crippen molar-refractivity contribution in [3.05, 3.63) is 4.91 Å². The van der Waals surface area contributed by atoms with Crippen molar-refractivity contribution in [3.8, 4) is 0 Å². The number of ether oxygens (including phenoxy) is 1. The third-order valence-electron chi connectivity index (χ3n) is 1.50. The van der Waals surface area contributed by atoms with E-state index < -0.39 is 18.4 Å². The predicted molar refractivity (Wildman–Crippen MR) is 32.1 cm³/mol. The molecule has 1 fully saturated rings. The average molecular weight is 165 g/mol. The molecular formula is C5H8FNO4. The van der Waals surface area contributed by atoms with Gasteiger partial charge in [0, 0.05) is 6.42 Å². The Morgan fingerprint density at radius 2 is 2.45 bits per heavy atom. The Bertz CT molecular complexity index is 144. The minimum Gasteiger partial charge on any atom is -0.391 e. The Labute approximate surface area is 62.0 Å². The molecule has 0 saturated carbocycles. The molecule has 1 rings (SSSR count). The van der Waals surface area contributed by atoms with Crippen molar-refractivity contribution in [3.63, 3.8) is 0 Å². The molecule has 64 valence electrons. The lowest BCUT2D eigenvalue weighted by Crippen LogP contribution is -2.40. The maximum absolute atomic E-state index is 11.5. The highest BCUT2D eigenvalue weighted by Gasteiger charge is 2.33. The van der Waals surface area contributed by atoms with Gasteiger partial charge in [-0.05, 0) is 4.53 Å². The van der Waals surface area contributed by atoms with E-state index in [0.717, 1.165) is 0 Å². The summed E-state index contributed by atoms with van der Waals surface area (Å²) in [4.78, 5) is 13.3. The van der Waals surface area contributed by atoms with E-state index in [9.17, 15) is 9.43 Å². The highest BCUT2D eigenvalue weighted by molar-refractivity contribution is 4.78. The van der Waals surface area contributed by atoms with Crippen molar-refractivity contribution in [2.75, 3.05) is 6.61 Å². The summed E-state index contributed by atoms with van der Waals surface area (Å²) in [6.07, 6.45) is -1.93. The van der Waals surface area contributed by atoms with Gasteiger partial charge in [-0.1, -0.05) is 5.18 Å². The molecular weight excluding hydrogens is 157 g/mol. The summed E-state index contributed by atoms with van der Waals surface area (Å²) in [5.41, 5.74) is 0. The van der Waals surface area contributed by atoms with Crippen LogP contribution in [0.15, 0.2) is 5.18 Å². The maximum atomic E-state index is 11.5. The lowest BCUT2D eigenvalue weighted by molar-refractivity contribution is -0.299. The molecule has 6 heteroatoms. The van der Waals surface area contributed by atoms with Crippen molar-refractivity contribution in [2.24, 2.45) is 5.18 Å². The molecule has 0 bridgehead atoms. The second kappa shape index (κ2) is 3.70. The van der Waals surface area contributed by atoms with E-state index in [4.69, 9.17) is 5.11 Å². The molecule has 1 heterocycles. The lowest BCUT2D eigenvalue weighted by atomic mass is 10.1. The fraction of sp³-hybridized carbons (Fsp3) is 1.00. The third-order valence-corrected chi connectivity index (χ3v) is 1.50. The normalized spacial score (nSPS) is 38.5. The predicted octanol–water partition coefficient (Wildman–Crippen LogP) is 0.130. The SMILES string of the molecule is O=NC1CC(O)COC1OF. The van der Waals surface area contributed by atoms with Gasteiger partial charge < -0.3 is 9.84 Å². The van der Waals surface area contributed by atoms with Crippen LogP contribution in [0.25, 0.3) is 0 Å². The van der Waals surface area contributed by atoms with Gasteiger partial charge in [-0.15, -0.1) is 0 Å². The van der Waals surface area contributed by atoms with Crippen LogP contribution in [-0.2, 0) is 9.68 Å².